The Bertz CT molecular complexity index is 1090. The minimum atomic E-state index is -1.33. The van der Waals surface area contributed by atoms with Gasteiger partial charge in [0.2, 0.25) is 0 Å². The van der Waals surface area contributed by atoms with E-state index in [0.717, 1.165) is 11.3 Å². The number of aliphatic carboxylic acids is 1. The zero-order chi connectivity index (χ0) is 26.2. The Kier molecular flexibility index (Phi) is 9.28. The Labute approximate surface area is 203 Å². The lowest BCUT2D eigenvalue weighted by Gasteiger charge is -2.22. The fourth-order valence-corrected chi connectivity index (χ4v) is 3.35. The molecule has 2 rings (SSSR count). The van der Waals surface area contributed by atoms with Crippen LogP contribution < -0.4 is 10.1 Å². The van der Waals surface area contributed by atoms with Gasteiger partial charge in [-0.2, -0.15) is 0 Å². The Morgan fingerprint density at radius 2 is 1.80 bits per heavy atom. The van der Waals surface area contributed by atoms with Crippen LogP contribution in [0.2, 0.25) is 0 Å². The summed E-state index contributed by atoms with van der Waals surface area (Å²) < 4.78 is 15.6. The van der Waals surface area contributed by atoms with Crippen LogP contribution in [0.1, 0.15) is 49.7 Å². The van der Waals surface area contributed by atoms with Gasteiger partial charge in [0.05, 0.1) is 4.92 Å². The molecule has 35 heavy (non-hydrogen) atoms. The lowest BCUT2D eigenvalue weighted by molar-refractivity contribution is -0.384. The number of esters is 2. The number of benzene rings is 1. The molecule has 12 nitrogen and oxygen atoms in total. The second-order valence-electron chi connectivity index (χ2n) is 8.16. The first-order valence-corrected chi connectivity index (χ1v) is 11.2. The predicted molar refractivity (Wildman–Crippen MR) is 123 cm³/mol. The summed E-state index contributed by atoms with van der Waals surface area (Å²) in [5.74, 6) is -2.95. The molecule has 1 heterocycles. The molecule has 1 unspecified atom stereocenters. The van der Waals surface area contributed by atoms with E-state index in [2.05, 4.69) is 5.32 Å². The fourth-order valence-electron chi connectivity index (χ4n) is 2.65. The number of hydrogen-bond donors (Lipinski definition) is 2. The first-order valence-electron chi connectivity index (χ1n) is 10.3. The van der Waals surface area contributed by atoms with Gasteiger partial charge in [0, 0.05) is 18.6 Å². The van der Waals surface area contributed by atoms with Crippen LogP contribution in [0.3, 0.4) is 0 Å². The van der Waals surface area contributed by atoms with E-state index < -0.39 is 40.6 Å². The van der Waals surface area contributed by atoms with E-state index in [-0.39, 0.29) is 41.3 Å². The minimum absolute atomic E-state index is 0.0343. The highest BCUT2D eigenvalue weighted by Gasteiger charge is 2.29. The molecule has 0 fully saturated rings. The quantitative estimate of drug-likeness (QED) is 0.204. The van der Waals surface area contributed by atoms with Crippen molar-refractivity contribution >= 4 is 41.0 Å². The summed E-state index contributed by atoms with van der Waals surface area (Å²) in [5, 5.41) is 23.4. The molecule has 0 bridgehead atoms. The molecule has 2 aromatic rings. The maximum absolute atomic E-state index is 12.6. The standard InChI is InChI=1S/C22H24N2O10S/c1-22(2,3)34-21(29)23-15(5-4-6-17(25)26)19(27)33-20(28)18-16(11-12-35-18)32-14-9-7-13(8-10-14)24(30)31/h7-12,15H,4-6H2,1-3H3,(H,23,29)(H,25,26). The van der Waals surface area contributed by atoms with Crippen molar-refractivity contribution in [2.45, 2.75) is 51.7 Å². The minimum Gasteiger partial charge on any atom is -0.481 e. The van der Waals surface area contributed by atoms with Crippen LogP contribution in [0.15, 0.2) is 35.7 Å². The molecule has 0 spiro atoms. The van der Waals surface area contributed by atoms with Gasteiger partial charge in [-0.15, -0.1) is 11.3 Å². The average molecular weight is 509 g/mol. The molecule has 13 heteroatoms. The molecule has 0 aliphatic rings. The molecule has 188 valence electrons. The van der Waals surface area contributed by atoms with Gasteiger partial charge in [-0.05, 0) is 57.2 Å². The number of amides is 1. The van der Waals surface area contributed by atoms with Crippen LogP contribution in [0, 0.1) is 10.1 Å². The Morgan fingerprint density at radius 1 is 1.14 bits per heavy atom. The smallest absolute Gasteiger partial charge is 0.408 e. The van der Waals surface area contributed by atoms with Crippen molar-refractivity contribution < 1.29 is 43.4 Å². The molecule has 1 aromatic heterocycles. The van der Waals surface area contributed by atoms with Crippen molar-refractivity contribution in [2.24, 2.45) is 0 Å². The molecule has 0 saturated heterocycles. The SMILES string of the molecule is CC(C)(C)OC(=O)NC(CCCC(=O)O)C(=O)OC(=O)c1sccc1Oc1ccc([N+](=O)[O-])cc1. The number of rotatable bonds is 10. The summed E-state index contributed by atoms with van der Waals surface area (Å²) in [5.41, 5.74) is -0.990. The van der Waals surface area contributed by atoms with Gasteiger partial charge in [0.25, 0.3) is 5.69 Å². The van der Waals surface area contributed by atoms with E-state index in [1.165, 1.54) is 35.7 Å². The third-order valence-corrected chi connectivity index (χ3v) is 5.02. The highest BCUT2D eigenvalue weighted by Crippen LogP contribution is 2.31. The third kappa shape index (κ3) is 9.04. The van der Waals surface area contributed by atoms with Crippen molar-refractivity contribution in [3.63, 3.8) is 0 Å². The van der Waals surface area contributed by atoms with Gasteiger partial charge in [-0.3, -0.25) is 14.9 Å². The number of thiophene rings is 1. The van der Waals surface area contributed by atoms with Crippen LogP contribution >= 0.6 is 11.3 Å². The number of nitrogens with zero attached hydrogens (tertiary/aromatic N) is 1. The second-order valence-corrected chi connectivity index (χ2v) is 9.08. The molecule has 0 aliphatic heterocycles. The molecule has 1 atom stereocenters. The number of carboxylic acids is 1. The van der Waals surface area contributed by atoms with E-state index in [1.807, 2.05) is 0 Å². The number of carbonyl (C=O) groups excluding carboxylic acids is 3. The molecule has 0 aliphatic carbocycles. The van der Waals surface area contributed by atoms with Crippen LogP contribution in [-0.4, -0.2) is 45.7 Å². The second kappa shape index (κ2) is 11.9. The van der Waals surface area contributed by atoms with Crippen molar-refractivity contribution in [1.29, 1.82) is 0 Å². The number of hydrogen-bond acceptors (Lipinski definition) is 10. The largest absolute Gasteiger partial charge is 0.481 e. The summed E-state index contributed by atoms with van der Waals surface area (Å²) in [6.07, 6.45) is -1.26. The summed E-state index contributed by atoms with van der Waals surface area (Å²) in [4.78, 5) is 58.3. The normalized spacial score (nSPS) is 11.7. The zero-order valence-corrected chi connectivity index (χ0v) is 20.0. The van der Waals surface area contributed by atoms with E-state index >= 15 is 0 Å². The van der Waals surface area contributed by atoms with E-state index in [4.69, 9.17) is 19.3 Å². The van der Waals surface area contributed by atoms with Gasteiger partial charge in [0.15, 0.2) is 10.6 Å². The molecule has 2 N–H and O–H groups in total. The number of non-ortho nitro benzene ring substituents is 1. The predicted octanol–water partition coefficient (Wildman–Crippen LogP) is 4.28. The van der Waals surface area contributed by atoms with Gasteiger partial charge in [-0.25, -0.2) is 14.4 Å². The Morgan fingerprint density at radius 3 is 2.37 bits per heavy atom. The summed E-state index contributed by atoms with van der Waals surface area (Å²) in [7, 11) is 0. The first-order chi connectivity index (χ1) is 16.4. The molecular formula is C22H24N2O10S. The van der Waals surface area contributed by atoms with Crippen molar-refractivity contribution in [3.8, 4) is 11.5 Å². The number of alkyl carbamates (subject to hydrolysis) is 1. The third-order valence-electron chi connectivity index (χ3n) is 4.14. The number of nitro groups is 1. The molecule has 0 saturated carbocycles. The van der Waals surface area contributed by atoms with Gasteiger partial charge in [0.1, 0.15) is 17.4 Å². The fraction of sp³-hybridized carbons (Fsp3) is 0.364. The van der Waals surface area contributed by atoms with Crippen LogP contribution in [0.4, 0.5) is 10.5 Å². The van der Waals surface area contributed by atoms with E-state index in [0.29, 0.717) is 0 Å². The zero-order valence-electron chi connectivity index (χ0n) is 19.1. The first kappa shape index (κ1) is 27.2. The highest BCUT2D eigenvalue weighted by molar-refractivity contribution is 7.12. The molecule has 1 amide bonds. The van der Waals surface area contributed by atoms with Crippen LogP contribution in [0.5, 0.6) is 11.5 Å². The molecule has 0 radical (unpaired) electrons. The lowest BCUT2D eigenvalue weighted by atomic mass is 10.1. The van der Waals surface area contributed by atoms with Crippen molar-refractivity contribution in [1.82, 2.24) is 5.32 Å². The van der Waals surface area contributed by atoms with Crippen LogP contribution in [-0.2, 0) is 19.1 Å². The van der Waals surface area contributed by atoms with Gasteiger partial charge in [-0.1, -0.05) is 0 Å². The molecular weight excluding hydrogens is 484 g/mol. The number of nitro benzene ring substituents is 1. The van der Waals surface area contributed by atoms with Crippen LogP contribution in [0.25, 0.3) is 0 Å². The van der Waals surface area contributed by atoms with Gasteiger partial charge >= 0.3 is 24.0 Å². The Balaban J connectivity index is 2.09. The number of ether oxygens (including phenoxy) is 3. The summed E-state index contributed by atoms with van der Waals surface area (Å²) in [6.45, 7) is 4.87. The highest BCUT2D eigenvalue weighted by atomic mass is 32.1. The van der Waals surface area contributed by atoms with Crippen molar-refractivity contribution in [3.05, 3.63) is 50.7 Å². The maximum atomic E-state index is 12.6. The van der Waals surface area contributed by atoms with Gasteiger partial charge < -0.3 is 24.6 Å². The van der Waals surface area contributed by atoms with Crippen molar-refractivity contribution in [2.75, 3.05) is 0 Å². The molecule has 1 aromatic carbocycles. The topological polar surface area (TPSA) is 171 Å². The summed E-state index contributed by atoms with van der Waals surface area (Å²) in [6, 6.07) is 5.28. The maximum Gasteiger partial charge on any atom is 0.408 e. The van der Waals surface area contributed by atoms with E-state index in [1.54, 1.807) is 20.8 Å². The number of carboxylic acid groups (broad SMARTS) is 1. The van der Waals surface area contributed by atoms with E-state index in [9.17, 15) is 29.3 Å². The Hall–Kier alpha value is -4.00. The number of nitrogens with one attached hydrogen (secondary N) is 1. The summed E-state index contributed by atoms with van der Waals surface area (Å²) >= 11 is 0.932. The monoisotopic (exact) mass is 508 g/mol. The lowest BCUT2D eigenvalue weighted by Crippen LogP contribution is -2.44. The average Bonchev–Trinajstić information content (AvgIpc) is 3.20. The number of carbonyl (C=O) groups is 4.